The van der Waals surface area contributed by atoms with Crippen LogP contribution in [0.15, 0.2) is 48.5 Å². The van der Waals surface area contributed by atoms with Crippen molar-refractivity contribution in [2.45, 2.75) is 37.8 Å². The fourth-order valence-electron chi connectivity index (χ4n) is 3.65. The summed E-state index contributed by atoms with van der Waals surface area (Å²) in [6.07, 6.45) is 2.29. The Kier molecular flexibility index (Phi) is 5.64. The number of anilines is 1. The maximum atomic E-state index is 13.9. The van der Waals surface area contributed by atoms with Gasteiger partial charge in [-0.3, -0.25) is 0 Å². The number of hydrogen-bond donors (Lipinski definition) is 1. The fourth-order valence-corrected chi connectivity index (χ4v) is 4.61. The van der Waals surface area contributed by atoms with E-state index in [0.29, 0.717) is 24.0 Å². The van der Waals surface area contributed by atoms with Crippen LogP contribution in [0.4, 0.5) is 13.9 Å². The second-order valence-corrected chi connectivity index (χ2v) is 8.08. The van der Waals surface area contributed by atoms with Gasteiger partial charge in [0.15, 0.2) is 0 Å². The van der Waals surface area contributed by atoms with Gasteiger partial charge in [0.25, 0.3) is 0 Å². The molecule has 0 spiro atoms. The fraction of sp³-hybridized carbons (Fsp3) is 0.333. The second kappa shape index (κ2) is 8.32. The summed E-state index contributed by atoms with van der Waals surface area (Å²) in [6, 6.07) is 12.8. The van der Waals surface area contributed by atoms with Crippen LogP contribution in [0.5, 0.6) is 0 Å². The summed E-state index contributed by atoms with van der Waals surface area (Å²) in [7, 11) is 0. The number of halogens is 2. The molecule has 0 saturated carbocycles. The van der Waals surface area contributed by atoms with E-state index in [2.05, 4.69) is 15.1 Å². The zero-order valence-corrected chi connectivity index (χ0v) is 16.1. The number of aliphatic hydroxyl groups excluding tert-OH is 1. The van der Waals surface area contributed by atoms with E-state index in [1.54, 1.807) is 24.3 Å². The topological polar surface area (TPSA) is 49.2 Å². The lowest BCUT2D eigenvalue weighted by Crippen LogP contribution is -2.30. The Hall–Kier alpha value is -2.38. The molecule has 7 heteroatoms. The van der Waals surface area contributed by atoms with Gasteiger partial charge in [-0.1, -0.05) is 41.7 Å². The highest BCUT2D eigenvalue weighted by Crippen LogP contribution is 2.33. The largest absolute Gasteiger partial charge is 0.388 e. The monoisotopic (exact) mass is 401 g/mol. The minimum atomic E-state index is -0.656. The van der Waals surface area contributed by atoms with E-state index >= 15 is 0 Å². The number of nitrogens with zero attached hydrogens (tertiary/aromatic N) is 3. The first kappa shape index (κ1) is 19.0. The van der Waals surface area contributed by atoms with Crippen LogP contribution in [0.1, 0.15) is 41.5 Å². The van der Waals surface area contributed by atoms with Crippen molar-refractivity contribution in [3.05, 3.63) is 76.3 Å². The van der Waals surface area contributed by atoms with E-state index in [0.717, 1.165) is 29.5 Å². The van der Waals surface area contributed by atoms with Crippen molar-refractivity contribution in [3.8, 4) is 0 Å². The first-order chi connectivity index (χ1) is 13.6. The van der Waals surface area contributed by atoms with Gasteiger partial charge in [0, 0.05) is 19.0 Å². The molecule has 1 aliphatic heterocycles. The molecule has 0 radical (unpaired) electrons. The Labute approximate surface area is 166 Å². The van der Waals surface area contributed by atoms with E-state index in [1.807, 2.05) is 6.07 Å². The molecule has 0 bridgehead atoms. The highest BCUT2D eigenvalue weighted by atomic mass is 32.1. The molecular formula is C21H21F2N3OS. The standard InChI is InChI=1S/C21H21F2N3OS/c22-16-9-7-14(8-10-16)19(27)13-17-5-3-11-26(17)21-25-24-20(28-21)12-15-4-1-2-6-18(15)23/h1-2,4,6-10,17,19,27H,3,5,11-13H2. The van der Waals surface area contributed by atoms with Crippen molar-refractivity contribution >= 4 is 16.5 Å². The predicted molar refractivity (Wildman–Crippen MR) is 105 cm³/mol. The van der Waals surface area contributed by atoms with Gasteiger partial charge >= 0.3 is 0 Å². The molecule has 2 unspecified atom stereocenters. The molecule has 0 aliphatic carbocycles. The molecule has 0 amide bonds. The second-order valence-electron chi connectivity index (χ2n) is 7.04. The quantitative estimate of drug-likeness (QED) is 0.661. The third-order valence-corrected chi connectivity index (χ3v) is 6.09. The van der Waals surface area contributed by atoms with Crippen LogP contribution in [0, 0.1) is 11.6 Å². The lowest BCUT2D eigenvalue weighted by molar-refractivity contribution is 0.158. The van der Waals surface area contributed by atoms with Crippen molar-refractivity contribution < 1.29 is 13.9 Å². The smallest absolute Gasteiger partial charge is 0.208 e. The van der Waals surface area contributed by atoms with Crippen molar-refractivity contribution in [3.63, 3.8) is 0 Å². The third kappa shape index (κ3) is 4.20. The summed E-state index contributed by atoms with van der Waals surface area (Å²) in [4.78, 5) is 2.18. The van der Waals surface area contributed by atoms with Crippen molar-refractivity contribution in [1.29, 1.82) is 0 Å². The normalized spacial score (nSPS) is 17.8. The molecule has 1 fully saturated rings. The Bertz CT molecular complexity index is 931. The highest BCUT2D eigenvalue weighted by Gasteiger charge is 2.29. The Balaban J connectivity index is 1.44. The van der Waals surface area contributed by atoms with E-state index in [9.17, 15) is 13.9 Å². The summed E-state index contributed by atoms with van der Waals surface area (Å²) in [5.41, 5.74) is 1.32. The lowest BCUT2D eigenvalue weighted by atomic mass is 10.0. The van der Waals surface area contributed by atoms with Crippen LogP contribution >= 0.6 is 11.3 Å². The Morgan fingerprint density at radius 2 is 1.89 bits per heavy atom. The lowest BCUT2D eigenvalue weighted by Gasteiger charge is -2.25. The number of aromatic nitrogens is 2. The average Bonchev–Trinajstić information content (AvgIpc) is 3.33. The third-order valence-electron chi connectivity index (χ3n) is 5.13. The molecule has 1 saturated heterocycles. The van der Waals surface area contributed by atoms with Gasteiger partial charge in [0.2, 0.25) is 5.13 Å². The number of rotatable bonds is 6. The Morgan fingerprint density at radius 3 is 2.68 bits per heavy atom. The van der Waals surface area contributed by atoms with E-state index in [4.69, 9.17) is 0 Å². The average molecular weight is 401 g/mol. The molecule has 1 aliphatic rings. The van der Waals surface area contributed by atoms with Gasteiger partial charge in [0.05, 0.1) is 6.10 Å². The first-order valence-electron chi connectivity index (χ1n) is 9.36. The van der Waals surface area contributed by atoms with Crippen LogP contribution in [-0.2, 0) is 6.42 Å². The summed E-state index contributed by atoms with van der Waals surface area (Å²) in [5, 5.41) is 20.7. The van der Waals surface area contributed by atoms with E-state index in [1.165, 1.54) is 29.5 Å². The van der Waals surface area contributed by atoms with Gasteiger partial charge in [0.1, 0.15) is 16.6 Å². The molecule has 1 N–H and O–H groups in total. The molecule has 4 nitrogen and oxygen atoms in total. The number of aliphatic hydroxyl groups is 1. The Morgan fingerprint density at radius 1 is 1.11 bits per heavy atom. The van der Waals surface area contributed by atoms with Gasteiger partial charge in [-0.05, 0) is 48.6 Å². The molecule has 28 heavy (non-hydrogen) atoms. The van der Waals surface area contributed by atoms with Gasteiger partial charge in [-0.2, -0.15) is 0 Å². The minimum absolute atomic E-state index is 0.148. The van der Waals surface area contributed by atoms with Crippen LogP contribution in [0.2, 0.25) is 0 Å². The molecule has 4 rings (SSSR count). The summed E-state index contributed by atoms with van der Waals surface area (Å²) < 4.78 is 27.0. The predicted octanol–water partition coefficient (Wildman–Crippen LogP) is 4.50. The van der Waals surface area contributed by atoms with Crippen LogP contribution in [-0.4, -0.2) is 27.9 Å². The van der Waals surface area contributed by atoms with Crippen molar-refractivity contribution in [1.82, 2.24) is 10.2 Å². The molecule has 1 aromatic heterocycles. The molecule has 146 valence electrons. The molecule has 2 atom stereocenters. The zero-order chi connectivity index (χ0) is 19.5. The summed E-state index contributed by atoms with van der Waals surface area (Å²) in [5.74, 6) is -0.546. The van der Waals surface area contributed by atoms with E-state index in [-0.39, 0.29) is 17.7 Å². The minimum Gasteiger partial charge on any atom is -0.388 e. The zero-order valence-electron chi connectivity index (χ0n) is 15.3. The maximum Gasteiger partial charge on any atom is 0.208 e. The van der Waals surface area contributed by atoms with Crippen LogP contribution < -0.4 is 4.90 Å². The van der Waals surface area contributed by atoms with Gasteiger partial charge < -0.3 is 10.0 Å². The molecule has 2 aromatic carbocycles. The maximum absolute atomic E-state index is 13.9. The van der Waals surface area contributed by atoms with Crippen LogP contribution in [0.3, 0.4) is 0 Å². The highest BCUT2D eigenvalue weighted by molar-refractivity contribution is 7.15. The SMILES string of the molecule is OC(CC1CCCN1c1nnc(Cc2ccccc2F)s1)c1ccc(F)cc1. The number of hydrogen-bond acceptors (Lipinski definition) is 5. The van der Waals surface area contributed by atoms with Crippen molar-refractivity contribution in [2.75, 3.05) is 11.4 Å². The molecule has 3 aromatic rings. The van der Waals surface area contributed by atoms with Gasteiger partial charge in [-0.15, -0.1) is 10.2 Å². The van der Waals surface area contributed by atoms with Crippen LogP contribution in [0.25, 0.3) is 0 Å². The van der Waals surface area contributed by atoms with Crippen molar-refractivity contribution in [2.24, 2.45) is 0 Å². The first-order valence-corrected chi connectivity index (χ1v) is 10.2. The van der Waals surface area contributed by atoms with E-state index < -0.39 is 6.10 Å². The molecular weight excluding hydrogens is 380 g/mol. The van der Waals surface area contributed by atoms with Gasteiger partial charge in [-0.25, -0.2) is 8.78 Å². The molecule has 2 heterocycles. The summed E-state index contributed by atoms with van der Waals surface area (Å²) >= 11 is 1.47. The number of benzene rings is 2. The summed E-state index contributed by atoms with van der Waals surface area (Å²) in [6.45, 7) is 0.856.